The molecular weight excluding hydrogens is 136 g/mol. The van der Waals surface area contributed by atoms with E-state index in [2.05, 4.69) is 11.9 Å². The molecule has 5 unspecified atom stereocenters. The van der Waals surface area contributed by atoms with Crippen LogP contribution in [0.3, 0.4) is 0 Å². The summed E-state index contributed by atoms with van der Waals surface area (Å²) in [5.74, 6) is 3.14. The van der Waals surface area contributed by atoms with Gasteiger partial charge in [0.05, 0.1) is 0 Å². The number of hydrogen-bond donors (Lipinski definition) is 1. The second-order valence-electron chi connectivity index (χ2n) is 4.50. The molecule has 0 aromatic heterocycles. The van der Waals surface area contributed by atoms with Crippen molar-refractivity contribution in [1.29, 1.82) is 0 Å². The molecule has 62 valence electrons. The van der Waals surface area contributed by atoms with E-state index in [-0.39, 0.29) is 0 Å². The first-order valence-electron chi connectivity index (χ1n) is 4.75. The fourth-order valence-corrected chi connectivity index (χ4v) is 3.60. The van der Waals surface area contributed by atoms with Crippen LogP contribution in [0.15, 0.2) is 0 Å². The molecule has 2 saturated carbocycles. The van der Waals surface area contributed by atoms with Crippen molar-refractivity contribution < 1.29 is 0 Å². The molecule has 11 heavy (non-hydrogen) atoms. The SMILES string of the molecule is CN1C(CN)C2CC1C1CC21. The predicted octanol–water partition coefficient (Wildman–Crippen LogP) is 0.284. The second kappa shape index (κ2) is 1.80. The molecule has 0 amide bonds. The van der Waals surface area contributed by atoms with Crippen LogP contribution in [-0.4, -0.2) is 30.6 Å². The Balaban J connectivity index is 1.89. The lowest BCUT2D eigenvalue weighted by molar-refractivity contribution is 0.172. The Bertz CT molecular complexity index is 192. The van der Waals surface area contributed by atoms with Crippen molar-refractivity contribution in [1.82, 2.24) is 4.90 Å². The number of likely N-dealkylation sites (N-methyl/N-ethyl adjacent to an activating group) is 1. The van der Waals surface area contributed by atoms with Gasteiger partial charge in [-0.05, 0) is 37.6 Å². The van der Waals surface area contributed by atoms with Gasteiger partial charge in [-0.1, -0.05) is 0 Å². The van der Waals surface area contributed by atoms with Crippen molar-refractivity contribution in [2.75, 3.05) is 13.6 Å². The summed E-state index contributed by atoms with van der Waals surface area (Å²) in [5.41, 5.74) is 5.75. The van der Waals surface area contributed by atoms with Gasteiger partial charge in [0.2, 0.25) is 0 Å². The summed E-state index contributed by atoms with van der Waals surface area (Å²) >= 11 is 0. The zero-order chi connectivity index (χ0) is 7.59. The number of nitrogens with zero attached hydrogens (tertiary/aromatic N) is 1. The molecule has 2 nitrogen and oxygen atoms in total. The fraction of sp³-hybridized carbons (Fsp3) is 1.00. The quantitative estimate of drug-likeness (QED) is 0.585. The van der Waals surface area contributed by atoms with Crippen molar-refractivity contribution in [3.63, 3.8) is 0 Å². The third-order valence-electron chi connectivity index (χ3n) is 4.23. The molecule has 5 atom stereocenters. The number of fused-ring (bicyclic) bond motifs is 5. The number of hydrogen-bond acceptors (Lipinski definition) is 2. The van der Waals surface area contributed by atoms with E-state index in [0.29, 0.717) is 0 Å². The molecule has 0 aromatic rings. The molecule has 0 spiro atoms. The summed E-state index contributed by atoms with van der Waals surface area (Å²) in [6.45, 7) is 0.876. The molecule has 3 rings (SSSR count). The van der Waals surface area contributed by atoms with Gasteiger partial charge < -0.3 is 5.73 Å². The zero-order valence-electron chi connectivity index (χ0n) is 7.03. The Morgan fingerprint density at radius 1 is 1.27 bits per heavy atom. The number of piperidine rings is 1. The lowest BCUT2D eigenvalue weighted by Gasteiger charge is -2.30. The van der Waals surface area contributed by atoms with Gasteiger partial charge >= 0.3 is 0 Å². The summed E-state index contributed by atoms with van der Waals surface area (Å²) in [6.07, 6.45) is 2.96. The maximum atomic E-state index is 5.75. The lowest BCUT2D eigenvalue weighted by atomic mass is 9.97. The summed E-state index contributed by atoms with van der Waals surface area (Å²) in [6, 6.07) is 1.64. The average molecular weight is 152 g/mol. The molecule has 1 heterocycles. The minimum Gasteiger partial charge on any atom is -0.329 e. The Morgan fingerprint density at radius 3 is 2.73 bits per heavy atom. The molecule has 3 fully saturated rings. The smallest absolute Gasteiger partial charge is 0.0249 e. The first kappa shape index (κ1) is 6.44. The lowest BCUT2D eigenvalue weighted by Crippen LogP contribution is -2.43. The molecule has 2 bridgehead atoms. The largest absolute Gasteiger partial charge is 0.329 e. The van der Waals surface area contributed by atoms with E-state index in [4.69, 9.17) is 5.73 Å². The van der Waals surface area contributed by atoms with E-state index in [0.717, 1.165) is 36.4 Å². The van der Waals surface area contributed by atoms with Crippen LogP contribution >= 0.6 is 0 Å². The van der Waals surface area contributed by atoms with Crippen molar-refractivity contribution in [2.45, 2.75) is 24.9 Å². The van der Waals surface area contributed by atoms with Crippen LogP contribution in [0, 0.1) is 17.8 Å². The highest BCUT2D eigenvalue weighted by atomic mass is 15.2. The summed E-state index contributed by atoms with van der Waals surface area (Å²) in [5, 5.41) is 0. The van der Waals surface area contributed by atoms with Crippen molar-refractivity contribution in [3.8, 4) is 0 Å². The highest BCUT2D eigenvalue weighted by molar-refractivity contribution is 5.15. The van der Waals surface area contributed by atoms with Gasteiger partial charge in [-0.15, -0.1) is 0 Å². The topological polar surface area (TPSA) is 29.3 Å². The molecule has 2 aliphatic carbocycles. The second-order valence-corrected chi connectivity index (χ2v) is 4.50. The van der Waals surface area contributed by atoms with Gasteiger partial charge in [0.25, 0.3) is 0 Å². The van der Waals surface area contributed by atoms with E-state index >= 15 is 0 Å². The molecule has 1 aliphatic heterocycles. The molecule has 2 heteroatoms. The zero-order valence-corrected chi connectivity index (χ0v) is 7.03. The molecular formula is C9H16N2. The van der Waals surface area contributed by atoms with E-state index in [1.54, 1.807) is 0 Å². The third-order valence-corrected chi connectivity index (χ3v) is 4.23. The minimum absolute atomic E-state index is 0.726. The highest BCUT2D eigenvalue weighted by Gasteiger charge is 2.62. The maximum absolute atomic E-state index is 5.75. The van der Waals surface area contributed by atoms with Crippen molar-refractivity contribution in [3.05, 3.63) is 0 Å². The van der Waals surface area contributed by atoms with Crippen LogP contribution in [-0.2, 0) is 0 Å². The van der Waals surface area contributed by atoms with Crippen LogP contribution < -0.4 is 5.73 Å². The van der Waals surface area contributed by atoms with Crippen LogP contribution in [0.5, 0.6) is 0 Å². The van der Waals surface area contributed by atoms with E-state index in [9.17, 15) is 0 Å². The number of rotatable bonds is 1. The first-order valence-corrected chi connectivity index (χ1v) is 4.75. The Morgan fingerprint density at radius 2 is 2.09 bits per heavy atom. The Labute approximate surface area is 67.7 Å². The van der Waals surface area contributed by atoms with Crippen LogP contribution in [0.4, 0.5) is 0 Å². The monoisotopic (exact) mass is 152 g/mol. The van der Waals surface area contributed by atoms with Crippen LogP contribution in [0.2, 0.25) is 0 Å². The van der Waals surface area contributed by atoms with Gasteiger partial charge in [-0.3, -0.25) is 4.90 Å². The van der Waals surface area contributed by atoms with Gasteiger partial charge in [0, 0.05) is 18.6 Å². The normalized spacial score (nSPS) is 60.0. The summed E-state index contributed by atoms with van der Waals surface area (Å²) < 4.78 is 0. The van der Waals surface area contributed by atoms with E-state index in [1.807, 2.05) is 0 Å². The average Bonchev–Trinajstić information content (AvgIpc) is 2.64. The number of nitrogens with two attached hydrogens (primary N) is 1. The summed E-state index contributed by atoms with van der Waals surface area (Å²) in [7, 11) is 2.26. The van der Waals surface area contributed by atoms with Gasteiger partial charge in [-0.2, -0.15) is 0 Å². The van der Waals surface area contributed by atoms with Crippen LogP contribution in [0.1, 0.15) is 12.8 Å². The molecule has 2 N–H and O–H groups in total. The fourth-order valence-electron chi connectivity index (χ4n) is 3.60. The summed E-state index contributed by atoms with van der Waals surface area (Å²) in [4.78, 5) is 2.54. The van der Waals surface area contributed by atoms with Crippen molar-refractivity contribution >= 4 is 0 Å². The minimum atomic E-state index is 0.726. The van der Waals surface area contributed by atoms with Gasteiger partial charge in [0.15, 0.2) is 0 Å². The predicted molar refractivity (Wildman–Crippen MR) is 44.1 cm³/mol. The van der Waals surface area contributed by atoms with E-state index < -0.39 is 0 Å². The number of likely N-dealkylation sites (tertiary alicyclic amines) is 1. The Kier molecular flexibility index (Phi) is 1.06. The van der Waals surface area contributed by atoms with Crippen molar-refractivity contribution in [2.24, 2.45) is 23.5 Å². The highest BCUT2D eigenvalue weighted by Crippen LogP contribution is 2.62. The molecule has 0 radical (unpaired) electrons. The maximum Gasteiger partial charge on any atom is 0.0249 e. The molecule has 1 saturated heterocycles. The third kappa shape index (κ3) is 0.611. The van der Waals surface area contributed by atoms with Gasteiger partial charge in [0.1, 0.15) is 0 Å². The Hall–Kier alpha value is -0.0800. The van der Waals surface area contributed by atoms with E-state index in [1.165, 1.54) is 12.8 Å². The van der Waals surface area contributed by atoms with Gasteiger partial charge in [-0.25, -0.2) is 0 Å². The standard InChI is InChI=1S/C9H16N2/c1-11-8-3-7(9(11)4-10)5-2-6(5)8/h5-9H,2-4,10H2,1H3. The molecule has 3 aliphatic rings. The first-order chi connectivity index (χ1) is 5.33. The molecule has 0 aromatic carbocycles. The van der Waals surface area contributed by atoms with Crippen LogP contribution in [0.25, 0.3) is 0 Å².